The van der Waals surface area contributed by atoms with E-state index in [-0.39, 0.29) is 0 Å². The van der Waals surface area contributed by atoms with Crippen LogP contribution in [0.2, 0.25) is 5.02 Å². The molecule has 2 aromatic rings. The molecule has 0 saturated heterocycles. The molecule has 1 nitrogen and oxygen atoms in total. The van der Waals surface area contributed by atoms with Crippen LogP contribution in [0.15, 0.2) is 46.2 Å². The van der Waals surface area contributed by atoms with E-state index in [1.54, 1.807) is 18.7 Å². The van der Waals surface area contributed by atoms with Gasteiger partial charge in [0.15, 0.2) is 0 Å². The van der Waals surface area contributed by atoms with E-state index in [4.69, 9.17) is 11.6 Å². The molecule has 0 spiro atoms. The summed E-state index contributed by atoms with van der Waals surface area (Å²) in [5.41, 5.74) is 3.82. The fourth-order valence-electron chi connectivity index (χ4n) is 2.60. The molecule has 1 aliphatic carbocycles. The molecule has 104 valence electrons. The van der Waals surface area contributed by atoms with E-state index >= 15 is 0 Å². The second-order valence-electron chi connectivity index (χ2n) is 5.25. The van der Waals surface area contributed by atoms with Crippen LogP contribution in [0.3, 0.4) is 0 Å². The van der Waals surface area contributed by atoms with E-state index in [0.717, 1.165) is 10.5 Å². The minimum atomic E-state index is -0.480. The first kappa shape index (κ1) is 14.0. The van der Waals surface area contributed by atoms with Crippen molar-refractivity contribution in [3.05, 3.63) is 58.1 Å². The van der Waals surface area contributed by atoms with Gasteiger partial charge in [0.1, 0.15) is 0 Å². The molecule has 2 aromatic carbocycles. The average molecular weight is 305 g/mol. The Morgan fingerprint density at radius 1 is 1.10 bits per heavy atom. The van der Waals surface area contributed by atoms with Gasteiger partial charge < -0.3 is 5.11 Å². The van der Waals surface area contributed by atoms with E-state index in [1.165, 1.54) is 35.3 Å². The summed E-state index contributed by atoms with van der Waals surface area (Å²) in [5, 5.41) is 10.3. The highest BCUT2D eigenvalue weighted by atomic mass is 35.5. The van der Waals surface area contributed by atoms with Crippen LogP contribution >= 0.6 is 23.4 Å². The number of aliphatic hydroxyl groups is 1. The normalized spacial score (nSPS) is 15.2. The molecule has 1 N–H and O–H groups in total. The number of hydrogen-bond donors (Lipinski definition) is 1. The molecule has 0 amide bonds. The molecule has 1 aliphatic rings. The van der Waals surface area contributed by atoms with Gasteiger partial charge in [-0.15, -0.1) is 0 Å². The zero-order valence-electron chi connectivity index (χ0n) is 11.4. The molecule has 0 saturated carbocycles. The standard InChI is InChI=1S/C17H17ClOS/c1-11(19)13-6-8-17(16(18)10-13)20-15-7-5-12-3-2-4-14(12)9-15/h5-11,19H,2-4H2,1H3/t11-/m0/s1. The maximum Gasteiger partial charge on any atom is 0.0762 e. The predicted molar refractivity (Wildman–Crippen MR) is 84.7 cm³/mol. The van der Waals surface area contributed by atoms with Crippen LogP contribution in [0, 0.1) is 0 Å². The molecule has 0 aromatic heterocycles. The van der Waals surface area contributed by atoms with Gasteiger partial charge in [-0.1, -0.05) is 35.5 Å². The van der Waals surface area contributed by atoms with Crippen molar-refractivity contribution >= 4 is 23.4 Å². The van der Waals surface area contributed by atoms with Gasteiger partial charge in [-0.05, 0) is 67.1 Å². The number of fused-ring (bicyclic) bond motifs is 1. The minimum absolute atomic E-state index is 0.480. The summed E-state index contributed by atoms with van der Waals surface area (Å²) in [6.07, 6.45) is 3.20. The van der Waals surface area contributed by atoms with Crippen LogP contribution in [-0.2, 0) is 12.8 Å². The highest BCUT2D eigenvalue weighted by molar-refractivity contribution is 7.99. The van der Waals surface area contributed by atoms with Crippen LogP contribution in [-0.4, -0.2) is 5.11 Å². The highest BCUT2D eigenvalue weighted by Crippen LogP contribution is 2.36. The van der Waals surface area contributed by atoms with Gasteiger partial charge in [0.05, 0.1) is 11.1 Å². The van der Waals surface area contributed by atoms with Crippen molar-refractivity contribution < 1.29 is 5.11 Å². The highest BCUT2D eigenvalue weighted by Gasteiger charge is 2.12. The Morgan fingerprint density at radius 3 is 2.65 bits per heavy atom. The molecule has 1 atom stereocenters. The Labute approximate surface area is 129 Å². The van der Waals surface area contributed by atoms with Crippen molar-refractivity contribution in [1.29, 1.82) is 0 Å². The van der Waals surface area contributed by atoms with Crippen LogP contribution < -0.4 is 0 Å². The summed E-state index contributed by atoms with van der Waals surface area (Å²) in [6, 6.07) is 12.5. The topological polar surface area (TPSA) is 20.2 Å². The summed E-state index contributed by atoms with van der Waals surface area (Å²) >= 11 is 8.00. The maximum absolute atomic E-state index is 9.57. The molecule has 20 heavy (non-hydrogen) atoms. The Kier molecular flexibility index (Phi) is 4.06. The summed E-state index contributed by atoms with van der Waals surface area (Å²) < 4.78 is 0. The van der Waals surface area contributed by atoms with E-state index in [0.29, 0.717) is 5.02 Å². The fraction of sp³-hybridized carbons (Fsp3) is 0.294. The quantitative estimate of drug-likeness (QED) is 0.858. The van der Waals surface area contributed by atoms with Gasteiger partial charge in [-0.25, -0.2) is 0 Å². The molecular weight excluding hydrogens is 288 g/mol. The Balaban J connectivity index is 1.84. The Bertz CT molecular complexity index is 637. The van der Waals surface area contributed by atoms with E-state index in [1.807, 2.05) is 18.2 Å². The number of rotatable bonds is 3. The van der Waals surface area contributed by atoms with E-state index in [2.05, 4.69) is 18.2 Å². The molecule has 0 unspecified atom stereocenters. The molecule has 0 aliphatic heterocycles. The van der Waals surface area contributed by atoms with Crippen LogP contribution in [0.5, 0.6) is 0 Å². The van der Waals surface area contributed by atoms with Crippen LogP contribution in [0.4, 0.5) is 0 Å². The number of aliphatic hydroxyl groups excluding tert-OH is 1. The van der Waals surface area contributed by atoms with Crippen molar-refractivity contribution in [2.75, 3.05) is 0 Å². The minimum Gasteiger partial charge on any atom is -0.389 e. The lowest BCUT2D eigenvalue weighted by Gasteiger charge is -2.09. The third-order valence-electron chi connectivity index (χ3n) is 3.74. The lowest BCUT2D eigenvalue weighted by atomic mass is 10.1. The van der Waals surface area contributed by atoms with Gasteiger partial charge in [0.25, 0.3) is 0 Å². The first-order valence-electron chi connectivity index (χ1n) is 6.90. The molecule has 0 radical (unpaired) electrons. The fourth-order valence-corrected chi connectivity index (χ4v) is 3.79. The largest absolute Gasteiger partial charge is 0.389 e. The van der Waals surface area contributed by atoms with Crippen molar-refractivity contribution in [3.8, 4) is 0 Å². The molecule has 3 heteroatoms. The van der Waals surface area contributed by atoms with Crippen LogP contribution in [0.1, 0.15) is 36.1 Å². The molecule has 0 fully saturated rings. The third-order valence-corrected chi connectivity index (χ3v) is 5.23. The third kappa shape index (κ3) is 2.88. The molecule has 0 bridgehead atoms. The second kappa shape index (κ2) is 5.80. The Hall–Kier alpha value is -0.960. The first-order valence-corrected chi connectivity index (χ1v) is 8.10. The predicted octanol–water partition coefficient (Wildman–Crippen LogP) is 5.03. The lowest BCUT2D eigenvalue weighted by Crippen LogP contribution is -1.91. The number of hydrogen-bond acceptors (Lipinski definition) is 2. The van der Waals surface area contributed by atoms with Gasteiger partial charge in [-0.3, -0.25) is 0 Å². The second-order valence-corrected chi connectivity index (χ2v) is 6.77. The van der Waals surface area contributed by atoms with Crippen molar-refractivity contribution in [2.24, 2.45) is 0 Å². The number of aryl methyl sites for hydroxylation is 2. The first-order chi connectivity index (χ1) is 9.63. The zero-order chi connectivity index (χ0) is 14.1. The Morgan fingerprint density at radius 2 is 1.90 bits per heavy atom. The summed E-state index contributed by atoms with van der Waals surface area (Å²) in [7, 11) is 0. The van der Waals surface area contributed by atoms with Crippen molar-refractivity contribution in [3.63, 3.8) is 0 Å². The maximum atomic E-state index is 9.57. The average Bonchev–Trinajstić information content (AvgIpc) is 2.88. The van der Waals surface area contributed by atoms with Crippen LogP contribution in [0.25, 0.3) is 0 Å². The van der Waals surface area contributed by atoms with Gasteiger partial charge >= 0.3 is 0 Å². The summed E-state index contributed by atoms with van der Waals surface area (Å²) in [4.78, 5) is 2.27. The van der Waals surface area contributed by atoms with Gasteiger partial charge in [0.2, 0.25) is 0 Å². The number of halogens is 1. The summed E-state index contributed by atoms with van der Waals surface area (Å²) in [6.45, 7) is 1.75. The smallest absolute Gasteiger partial charge is 0.0762 e. The van der Waals surface area contributed by atoms with E-state index in [9.17, 15) is 5.11 Å². The van der Waals surface area contributed by atoms with Crippen molar-refractivity contribution in [1.82, 2.24) is 0 Å². The molecule has 3 rings (SSSR count). The van der Waals surface area contributed by atoms with Crippen molar-refractivity contribution in [2.45, 2.75) is 42.1 Å². The SMILES string of the molecule is C[C@H](O)c1ccc(Sc2ccc3c(c2)CCC3)c(Cl)c1. The molecular formula is C17H17ClOS. The zero-order valence-corrected chi connectivity index (χ0v) is 13.0. The molecule has 0 heterocycles. The summed E-state index contributed by atoms with van der Waals surface area (Å²) in [5.74, 6) is 0. The van der Waals surface area contributed by atoms with E-state index < -0.39 is 6.10 Å². The van der Waals surface area contributed by atoms with Gasteiger partial charge in [0, 0.05) is 9.79 Å². The lowest BCUT2D eigenvalue weighted by molar-refractivity contribution is 0.199. The van der Waals surface area contributed by atoms with Gasteiger partial charge in [-0.2, -0.15) is 0 Å². The monoisotopic (exact) mass is 304 g/mol. The number of benzene rings is 2.